The van der Waals surface area contributed by atoms with Crippen molar-refractivity contribution in [1.29, 1.82) is 0 Å². The number of hydrogen-bond acceptors (Lipinski definition) is 5. The molecule has 27 heavy (non-hydrogen) atoms. The van der Waals surface area contributed by atoms with Gasteiger partial charge in [0.2, 0.25) is 5.91 Å². The molecule has 2 fully saturated rings. The Hall–Kier alpha value is -2.77. The molecule has 0 aliphatic carbocycles. The third-order valence-corrected chi connectivity index (χ3v) is 5.35. The van der Waals surface area contributed by atoms with Crippen molar-refractivity contribution in [1.82, 2.24) is 9.80 Å². The van der Waals surface area contributed by atoms with Crippen molar-refractivity contribution in [3.8, 4) is 5.75 Å². The molecule has 0 saturated carbocycles. The number of fused-ring (bicyclic) bond motifs is 1. The zero-order valence-corrected chi connectivity index (χ0v) is 15.3. The molecule has 1 aromatic carbocycles. The minimum Gasteiger partial charge on any atom is -0.482 e. The molecular formula is C19H23N3O5. The average Bonchev–Trinajstić information content (AvgIpc) is 3.02. The summed E-state index contributed by atoms with van der Waals surface area (Å²) in [6.07, 6.45) is 1.11. The number of benzene rings is 1. The van der Waals surface area contributed by atoms with Crippen LogP contribution in [0.1, 0.15) is 19.8 Å². The molecule has 3 heterocycles. The van der Waals surface area contributed by atoms with Crippen LogP contribution in [0.4, 0.5) is 10.5 Å². The minimum atomic E-state index is -0.261. The first-order chi connectivity index (χ1) is 13.0. The lowest BCUT2D eigenvalue weighted by atomic mass is 10.0. The highest BCUT2D eigenvalue weighted by molar-refractivity contribution is 6.02. The van der Waals surface area contributed by atoms with E-state index >= 15 is 0 Å². The van der Waals surface area contributed by atoms with Gasteiger partial charge >= 0.3 is 6.09 Å². The molecule has 3 aliphatic rings. The standard InChI is InChI=1S/C19H23N3O5/c1-13-10-21(19(25)27-13)14-6-8-20(9-7-14)17(23)11-22-15-4-2-3-5-16(15)26-12-18(22)24/h2-5,13-14H,6-12H2,1H3. The first-order valence-electron chi connectivity index (χ1n) is 9.30. The summed E-state index contributed by atoms with van der Waals surface area (Å²) in [6.45, 7) is 3.59. The predicted octanol–water partition coefficient (Wildman–Crippen LogP) is 1.24. The molecule has 4 rings (SSSR count). The van der Waals surface area contributed by atoms with E-state index in [2.05, 4.69) is 0 Å². The van der Waals surface area contributed by atoms with Crippen LogP contribution in [-0.2, 0) is 14.3 Å². The number of rotatable bonds is 3. The normalized spacial score (nSPS) is 23.1. The fourth-order valence-corrected chi connectivity index (χ4v) is 3.92. The molecule has 0 bridgehead atoms. The second kappa shape index (κ2) is 7.09. The third-order valence-electron chi connectivity index (χ3n) is 5.35. The number of para-hydroxylation sites is 2. The summed E-state index contributed by atoms with van der Waals surface area (Å²) in [7, 11) is 0. The Morgan fingerprint density at radius 3 is 2.63 bits per heavy atom. The van der Waals surface area contributed by atoms with Crippen molar-refractivity contribution < 1.29 is 23.9 Å². The Balaban J connectivity index is 1.36. The van der Waals surface area contributed by atoms with E-state index in [-0.39, 0.29) is 43.2 Å². The summed E-state index contributed by atoms with van der Waals surface area (Å²) in [5.41, 5.74) is 0.630. The molecule has 2 saturated heterocycles. The smallest absolute Gasteiger partial charge is 0.410 e. The molecule has 1 atom stereocenters. The summed E-state index contributed by atoms with van der Waals surface area (Å²) < 4.78 is 10.6. The van der Waals surface area contributed by atoms with Gasteiger partial charge in [0.25, 0.3) is 5.91 Å². The van der Waals surface area contributed by atoms with Crippen molar-refractivity contribution >= 4 is 23.6 Å². The molecule has 1 aromatic rings. The highest BCUT2D eigenvalue weighted by Crippen LogP contribution is 2.31. The van der Waals surface area contributed by atoms with E-state index in [1.165, 1.54) is 4.90 Å². The highest BCUT2D eigenvalue weighted by atomic mass is 16.6. The van der Waals surface area contributed by atoms with Gasteiger partial charge in [-0.15, -0.1) is 0 Å². The molecule has 3 aliphatic heterocycles. The molecule has 0 aromatic heterocycles. The van der Waals surface area contributed by atoms with Crippen molar-refractivity contribution in [3.63, 3.8) is 0 Å². The van der Waals surface area contributed by atoms with Crippen LogP contribution in [-0.4, -0.2) is 72.6 Å². The van der Waals surface area contributed by atoms with Crippen LogP contribution in [0, 0.1) is 0 Å². The van der Waals surface area contributed by atoms with Crippen LogP contribution in [0.25, 0.3) is 0 Å². The van der Waals surface area contributed by atoms with E-state index in [4.69, 9.17) is 9.47 Å². The number of nitrogens with zero attached hydrogens (tertiary/aromatic N) is 3. The first kappa shape index (κ1) is 17.6. The minimum absolute atomic E-state index is 0.00661. The Morgan fingerprint density at radius 2 is 1.93 bits per heavy atom. The van der Waals surface area contributed by atoms with Crippen LogP contribution in [0.2, 0.25) is 0 Å². The molecule has 0 spiro atoms. The van der Waals surface area contributed by atoms with Gasteiger partial charge in [-0.05, 0) is 31.9 Å². The molecule has 0 N–H and O–H groups in total. The van der Waals surface area contributed by atoms with Crippen LogP contribution < -0.4 is 9.64 Å². The Labute approximate surface area is 157 Å². The van der Waals surface area contributed by atoms with Gasteiger partial charge in [-0.25, -0.2) is 4.79 Å². The van der Waals surface area contributed by atoms with E-state index in [9.17, 15) is 14.4 Å². The largest absolute Gasteiger partial charge is 0.482 e. The van der Waals surface area contributed by atoms with Crippen molar-refractivity contribution in [2.24, 2.45) is 0 Å². The molecule has 8 nitrogen and oxygen atoms in total. The summed E-state index contributed by atoms with van der Waals surface area (Å²) in [6, 6.07) is 7.34. The van der Waals surface area contributed by atoms with Gasteiger partial charge in [-0.1, -0.05) is 12.1 Å². The number of carbonyl (C=O) groups excluding carboxylic acids is 3. The number of ether oxygens (including phenoxy) is 2. The lowest BCUT2D eigenvalue weighted by Crippen LogP contribution is -2.51. The van der Waals surface area contributed by atoms with Crippen LogP contribution >= 0.6 is 0 Å². The lowest BCUT2D eigenvalue weighted by Gasteiger charge is -2.37. The van der Waals surface area contributed by atoms with Gasteiger partial charge < -0.3 is 19.3 Å². The molecule has 8 heteroatoms. The second-order valence-corrected chi connectivity index (χ2v) is 7.19. The van der Waals surface area contributed by atoms with E-state index in [1.54, 1.807) is 21.9 Å². The summed E-state index contributed by atoms with van der Waals surface area (Å²) >= 11 is 0. The fourth-order valence-electron chi connectivity index (χ4n) is 3.92. The highest BCUT2D eigenvalue weighted by Gasteiger charge is 2.37. The second-order valence-electron chi connectivity index (χ2n) is 7.19. The zero-order chi connectivity index (χ0) is 19.0. The number of likely N-dealkylation sites (tertiary alicyclic amines) is 1. The third kappa shape index (κ3) is 3.43. The van der Waals surface area contributed by atoms with E-state index < -0.39 is 0 Å². The van der Waals surface area contributed by atoms with Crippen LogP contribution in [0.5, 0.6) is 5.75 Å². The number of carbonyl (C=O) groups is 3. The van der Waals surface area contributed by atoms with Crippen LogP contribution in [0.3, 0.4) is 0 Å². The van der Waals surface area contributed by atoms with Gasteiger partial charge in [-0.2, -0.15) is 0 Å². The van der Waals surface area contributed by atoms with Crippen molar-refractivity contribution in [2.75, 3.05) is 37.7 Å². The predicted molar refractivity (Wildman–Crippen MR) is 96.5 cm³/mol. The fraction of sp³-hybridized carbons (Fsp3) is 0.526. The first-order valence-corrected chi connectivity index (χ1v) is 9.30. The Kier molecular flexibility index (Phi) is 4.63. The number of piperidine rings is 1. The van der Waals surface area contributed by atoms with Gasteiger partial charge in [0.1, 0.15) is 18.4 Å². The van der Waals surface area contributed by atoms with Gasteiger partial charge in [-0.3, -0.25) is 14.5 Å². The Bertz CT molecular complexity index is 759. The van der Waals surface area contributed by atoms with Gasteiger partial charge in [0.15, 0.2) is 6.61 Å². The maximum Gasteiger partial charge on any atom is 0.410 e. The number of anilines is 1. The molecule has 1 unspecified atom stereocenters. The zero-order valence-electron chi connectivity index (χ0n) is 15.3. The van der Waals surface area contributed by atoms with E-state index in [0.717, 1.165) is 12.8 Å². The SMILES string of the molecule is CC1CN(C2CCN(C(=O)CN3C(=O)COc4ccccc43)CC2)C(=O)O1. The quantitative estimate of drug-likeness (QED) is 0.797. The molecular weight excluding hydrogens is 350 g/mol. The maximum atomic E-state index is 12.8. The molecule has 0 radical (unpaired) electrons. The van der Waals surface area contributed by atoms with Gasteiger partial charge in [0, 0.05) is 19.1 Å². The maximum absolute atomic E-state index is 12.8. The monoisotopic (exact) mass is 373 g/mol. The Morgan fingerprint density at radius 1 is 1.19 bits per heavy atom. The lowest BCUT2D eigenvalue weighted by molar-refractivity contribution is -0.133. The average molecular weight is 373 g/mol. The van der Waals surface area contributed by atoms with Crippen LogP contribution in [0.15, 0.2) is 24.3 Å². The van der Waals surface area contributed by atoms with E-state index in [1.807, 2.05) is 19.1 Å². The number of hydrogen-bond donors (Lipinski definition) is 0. The summed E-state index contributed by atoms with van der Waals surface area (Å²) in [5, 5.41) is 0. The number of cyclic esters (lactones) is 1. The van der Waals surface area contributed by atoms with Crippen molar-refractivity contribution in [2.45, 2.75) is 31.9 Å². The molecule has 144 valence electrons. The number of amides is 3. The molecule has 3 amide bonds. The van der Waals surface area contributed by atoms with Gasteiger partial charge in [0.05, 0.1) is 12.2 Å². The topological polar surface area (TPSA) is 79.4 Å². The van der Waals surface area contributed by atoms with Crippen molar-refractivity contribution in [3.05, 3.63) is 24.3 Å². The summed E-state index contributed by atoms with van der Waals surface area (Å²) in [5.74, 6) is 0.312. The van der Waals surface area contributed by atoms with E-state index in [0.29, 0.717) is 31.1 Å². The summed E-state index contributed by atoms with van der Waals surface area (Å²) in [4.78, 5) is 41.9.